The van der Waals surface area contributed by atoms with E-state index in [1.807, 2.05) is 35.4 Å². The highest BCUT2D eigenvalue weighted by molar-refractivity contribution is 5.79. The Labute approximate surface area is 142 Å². The van der Waals surface area contributed by atoms with Gasteiger partial charge < -0.3 is 9.64 Å². The number of piperidine rings is 1. The van der Waals surface area contributed by atoms with Gasteiger partial charge in [0.1, 0.15) is 5.75 Å². The molecular weight excluding hydrogens is 302 g/mol. The number of H-pyrrole nitrogens is 1. The van der Waals surface area contributed by atoms with E-state index < -0.39 is 0 Å². The number of carbonyl (C=O) groups is 1. The van der Waals surface area contributed by atoms with E-state index in [0.717, 1.165) is 50.1 Å². The number of nitrogens with one attached hydrogen (secondary N) is 1. The molecule has 4 rings (SSSR count). The van der Waals surface area contributed by atoms with Crippen molar-refractivity contribution in [2.45, 2.75) is 37.5 Å². The van der Waals surface area contributed by atoms with Crippen LogP contribution in [0, 0.1) is 0 Å². The summed E-state index contributed by atoms with van der Waals surface area (Å²) < 4.78 is 5.38. The fraction of sp³-hybridized carbons (Fsp3) is 0.474. The van der Waals surface area contributed by atoms with E-state index in [4.69, 9.17) is 4.74 Å². The number of benzene rings is 1. The fourth-order valence-electron chi connectivity index (χ4n) is 4.34. The van der Waals surface area contributed by atoms with Gasteiger partial charge >= 0.3 is 0 Å². The lowest BCUT2D eigenvalue weighted by Gasteiger charge is -2.40. The predicted octanol–water partition coefficient (Wildman–Crippen LogP) is 2.47. The molecule has 0 radical (unpaired) electrons. The molecule has 1 unspecified atom stereocenters. The van der Waals surface area contributed by atoms with Gasteiger partial charge in [-0.25, -0.2) is 0 Å². The van der Waals surface area contributed by atoms with E-state index in [9.17, 15) is 4.79 Å². The summed E-state index contributed by atoms with van der Waals surface area (Å²) in [5.41, 5.74) is 3.63. The number of aromatic amines is 1. The molecule has 0 saturated carbocycles. The minimum absolute atomic E-state index is 0.0838. The molecule has 1 aromatic heterocycles. The van der Waals surface area contributed by atoms with Crippen molar-refractivity contribution < 1.29 is 9.53 Å². The van der Waals surface area contributed by atoms with E-state index in [1.165, 1.54) is 11.3 Å². The van der Waals surface area contributed by atoms with Crippen molar-refractivity contribution in [3.8, 4) is 5.75 Å². The SMILES string of the molecule is COc1ccccc1CC(=O)N1CCCC2(CCc3cn[nH]c32)C1. The Morgan fingerprint density at radius 2 is 2.25 bits per heavy atom. The Bertz CT molecular complexity index is 755. The minimum atomic E-state index is 0.0838. The molecular formula is C19H23N3O2. The number of methoxy groups -OCH3 is 1. The molecule has 0 bridgehead atoms. The number of hydrogen-bond acceptors (Lipinski definition) is 3. The third-order valence-corrected chi connectivity index (χ3v) is 5.58. The predicted molar refractivity (Wildman–Crippen MR) is 91.1 cm³/mol. The van der Waals surface area contributed by atoms with Crippen LogP contribution in [0.2, 0.25) is 0 Å². The maximum Gasteiger partial charge on any atom is 0.227 e. The molecule has 1 aliphatic carbocycles. The van der Waals surface area contributed by atoms with Gasteiger partial charge in [-0.2, -0.15) is 5.10 Å². The van der Waals surface area contributed by atoms with Gasteiger partial charge in [-0.3, -0.25) is 9.89 Å². The first-order valence-corrected chi connectivity index (χ1v) is 8.64. The fourth-order valence-corrected chi connectivity index (χ4v) is 4.34. The van der Waals surface area contributed by atoms with Crippen molar-refractivity contribution in [1.29, 1.82) is 0 Å². The first-order chi connectivity index (χ1) is 11.7. The van der Waals surface area contributed by atoms with E-state index in [0.29, 0.717) is 6.42 Å². The average molecular weight is 325 g/mol. The molecule has 1 fully saturated rings. The van der Waals surface area contributed by atoms with E-state index >= 15 is 0 Å². The maximum absolute atomic E-state index is 12.9. The van der Waals surface area contributed by atoms with Crippen molar-refractivity contribution in [2.24, 2.45) is 0 Å². The normalized spacial score (nSPS) is 22.6. The highest BCUT2D eigenvalue weighted by Gasteiger charge is 2.44. The van der Waals surface area contributed by atoms with Gasteiger partial charge in [0.15, 0.2) is 0 Å². The molecule has 126 valence electrons. The molecule has 1 aliphatic heterocycles. The number of nitrogens with zero attached hydrogens (tertiary/aromatic N) is 2. The second-order valence-electron chi connectivity index (χ2n) is 6.96. The molecule has 1 spiro atoms. The van der Waals surface area contributed by atoms with Crippen LogP contribution >= 0.6 is 0 Å². The van der Waals surface area contributed by atoms with Gasteiger partial charge in [-0.15, -0.1) is 0 Å². The van der Waals surface area contributed by atoms with Crippen molar-refractivity contribution in [3.63, 3.8) is 0 Å². The standard InChI is InChI=1S/C19H23N3O2/c1-24-16-6-3-2-5-14(16)11-17(23)22-10-4-8-19(13-22)9-7-15-12-20-21-18(15)19/h2-3,5-6,12H,4,7-11,13H2,1H3,(H,20,21). The number of ether oxygens (including phenoxy) is 1. The van der Waals surface area contributed by atoms with Crippen molar-refractivity contribution in [2.75, 3.05) is 20.2 Å². The number of para-hydroxylation sites is 1. The molecule has 5 heteroatoms. The number of amides is 1. The molecule has 2 aromatic rings. The van der Waals surface area contributed by atoms with E-state index in [-0.39, 0.29) is 11.3 Å². The van der Waals surface area contributed by atoms with Crippen LogP contribution in [-0.4, -0.2) is 41.2 Å². The molecule has 2 heterocycles. The zero-order valence-corrected chi connectivity index (χ0v) is 14.0. The third-order valence-electron chi connectivity index (χ3n) is 5.58. The zero-order valence-electron chi connectivity index (χ0n) is 14.0. The Morgan fingerprint density at radius 1 is 1.38 bits per heavy atom. The molecule has 2 aliphatic rings. The summed E-state index contributed by atoms with van der Waals surface area (Å²) in [6.45, 7) is 1.65. The molecule has 24 heavy (non-hydrogen) atoms. The summed E-state index contributed by atoms with van der Waals surface area (Å²) in [7, 11) is 1.65. The number of fused-ring (bicyclic) bond motifs is 2. The minimum Gasteiger partial charge on any atom is -0.496 e. The highest BCUT2D eigenvalue weighted by Crippen LogP contribution is 2.43. The van der Waals surface area contributed by atoms with E-state index in [1.54, 1.807) is 7.11 Å². The topological polar surface area (TPSA) is 58.2 Å². The van der Waals surface area contributed by atoms with Crippen molar-refractivity contribution in [1.82, 2.24) is 15.1 Å². The summed E-state index contributed by atoms with van der Waals surface area (Å²) in [5, 5.41) is 7.41. The van der Waals surface area contributed by atoms with Crippen LogP contribution in [0.4, 0.5) is 0 Å². The second-order valence-corrected chi connectivity index (χ2v) is 6.96. The van der Waals surface area contributed by atoms with Crippen LogP contribution in [0.3, 0.4) is 0 Å². The summed E-state index contributed by atoms with van der Waals surface area (Å²) >= 11 is 0. The van der Waals surface area contributed by atoms with Gasteiger partial charge in [0, 0.05) is 29.8 Å². The lowest BCUT2D eigenvalue weighted by atomic mass is 9.77. The lowest BCUT2D eigenvalue weighted by Crippen LogP contribution is -2.48. The first kappa shape index (κ1) is 15.2. The van der Waals surface area contributed by atoms with Crippen LogP contribution in [0.25, 0.3) is 0 Å². The van der Waals surface area contributed by atoms with Gasteiger partial charge in [-0.05, 0) is 37.3 Å². The zero-order chi connectivity index (χ0) is 16.6. The van der Waals surface area contributed by atoms with Crippen LogP contribution in [0.15, 0.2) is 30.5 Å². The number of carbonyl (C=O) groups excluding carboxylic acids is 1. The van der Waals surface area contributed by atoms with Gasteiger partial charge in [0.2, 0.25) is 5.91 Å². The third kappa shape index (κ3) is 2.48. The summed E-state index contributed by atoms with van der Waals surface area (Å²) in [6, 6.07) is 7.77. The van der Waals surface area contributed by atoms with Crippen LogP contribution in [-0.2, 0) is 23.1 Å². The number of likely N-dealkylation sites (tertiary alicyclic amines) is 1. The summed E-state index contributed by atoms with van der Waals surface area (Å²) in [4.78, 5) is 14.9. The number of aromatic nitrogens is 2. The van der Waals surface area contributed by atoms with Crippen LogP contribution < -0.4 is 4.74 Å². The maximum atomic E-state index is 12.9. The quantitative estimate of drug-likeness (QED) is 0.943. The summed E-state index contributed by atoms with van der Waals surface area (Å²) in [6.07, 6.45) is 6.72. The molecule has 1 amide bonds. The average Bonchev–Trinajstić information content (AvgIpc) is 3.21. The number of rotatable bonds is 3. The molecule has 1 N–H and O–H groups in total. The molecule has 1 atom stereocenters. The largest absolute Gasteiger partial charge is 0.496 e. The van der Waals surface area contributed by atoms with Crippen LogP contribution in [0.5, 0.6) is 5.75 Å². The Kier molecular flexibility index (Phi) is 3.79. The van der Waals surface area contributed by atoms with Crippen molar-refractivity contribution in [3.05, 3.63) is 47.3 Å². The number of hydrogen-bond donors (Lipinski definition) is 1. The molecule has 5 nitrogen and oxygen atoms in total. The van der Waals surface area contributed by atoms with Crippen molar-refractivity contribution >= 4 is 5.91 Å². The first-order valence-electron chi connectivity index (χ1n) is 8.64. The molecule has 1 saturated heterocycles. The van der Waals surface area contributed by atoms with E-state index in [2.05, 4.69) is 10.2 Å². The Balaban J connectivity index is 1.52. The Morgan fingerprint density at radius 3 is 3.12 bits per heavy atom. The van der Waals surface area contributed by atoms with Gasteiger partial charge in [0.25, 0.3) is 0 Å². The molecule has 1 aromatic carbocycles. The lowest BCUT2D eigenvalue weighted by molar-refractivity contribution is -0.132. The number of aryl methyl sites for hydroxylation is 1. The van der Waals surface area contributed by atoms with Gasteiger partial charge in [0.05, 0.1) is 19.7 Å². The summed E-state index contributed by atoms with van der Waals surface area (Å²) in [5.74, 6) is 0.973. The Hall–Kier alpha value is -2.30. The van der Waals surface area contributed by atoms with Gasteiger partial charge in [-0.1, -0.05) is 18.2 Å². The van der Waals surface area contributed by atoms with Crippen LogP contribution in [0.1, 0.15) is 36.1 Å². The smallest absolute Gasteiger partial charge is 0.227 e. The highest BCUT2D eigenvalue weighted by atomic mass is 16.5. The monoisotopic (exact) mass is 325 g/mol. The second kappa shape index (κ2) is 5.96.